The lowest BCUT2D eigenvalue weighted by molar-refractivity contribution is -0.117. The van der Waals surface area contributed by atoms with Gasteiger partial charge in [-0.15, -0.1) is 0 Å². The Kier molecular flexibility index (Phi) is 7.65. The van der Waals surface area contributed by atoms with Crippen LogP contribution < -0.4 is 15.6 Å². The molecule has 0 radical (unpaired) electrons. The third-order valence-corrected chi connectivity index (χ3v) is 7.36. The number of rotatable bonds is 7. The summed E-state index contributed by atoms with van der Waals surface area (Å²) in [6, 6.07) is 4.54. The van der Waals surface area contributed by atoms with Gasteiger partial charge in [-0.1, -0.05) is 6.07 Å². The molecule has 9 nitrogen and oxygen atoms in total. The Morgan fingerprint density at radius 3 is 2.43 bits per heavy atom. The van der Waals surface area contributed by atoms with Crippen molar-refractivity contribution >= 4 is 37.5 Å². The standard InChI is InChI=1S/C21H18BrF3N4O5S/c1-3-35(33,34)29(19(30)7-5-12-4-6-13(23)8-15(12)24)17-10-18(16(25)9-14(17)22)28-21(32)27(2)20(31)11-26-28/h4,6,8-11H,3,5,7H2,1-2H3. The van der Waals surface area contributed by atoms with E-state index in [0.717, 1.165) is 37.5 Å². The minimum atomic E-state index is -4.28. The summed E-state index contributed by atoms with van der Waals surface area (Å²) in [6.45, 7) is 1.28. The van der Waals surface area contributed by atoms with Gasteiger partial charge in [-0.25, -0.2) is 30.7 Å². The number of benzene rings is 2. The Labute approximate surface area is 205 Å². The number of hydrogen-bond acceptors (Lipinski definition) is 6. The summed E-state index contributed by atoms with van der Waals surface area (Å²) in [5.74, 6) is -4.19. The fourth-order valence-electron chi connectivity index (χ4n) is 3.13. The second kappa shape index (κ2) is 10.2. The van der Waals surface area contributed by atoms with Crippen molar-refractivity contribution in [2.75, 3.05) is 10.1 Å². The lowest BCUT2D eigenvalue weighted by Gasteiger charge is -2.24. The molecule has 0 fully saturated rings. The van der Waals surface area contributed by atoms with Gasteiger partial charge in [0.05, 0.1) is 11.4 Å². The number of carbonyl (C=O) groups excluding carboxylic acids is 1. The number of aromatic nitrogens is 3. The van der Waals surface area contributed by atoms with E-state index in [4.69, 9.17) is 0 Å². The minimum absolute atomic E-state index is 0.00610. The zero-order chi connectivity index (χ0) is 26.1. The van der Waals surface area contributed by atoms with E-state index in [1.807, 2.05) is 0 Å². The van der Waals surface area contributed by atoms with E-state index in [-0.39, 0.29) is 22.1 Å². The highest BCUT2D eigenvalue weighted by Crippen LogP contribution is 2.33. The maximum Gasteiger partial charge on any atom is 0.352 e. The van der Waals surface area contributed by atoms with E-state index in [0.29, 0.717) is 19.6 Å². The fourth-order valence-corrected chi connectivity index (χ4v) is 4.85. The second-order valence-electron chi connectivity index (χ2n) is 7.29. The Morgan fingerprint density at radius 1 is 1.11 bits per heavy atom. The van der Waals surface area contributed by atoms with Crippen LogP contribution in [-0.2, 0) is 28.3 Å². The molecule has 3 rings (SSSR count). The highest BCUT2D eigenvalue weighted by atomic mass is 79.9. The number of halogens is 4. The monoisotopic (exact) mass is 574 g/mol. The highest BCUT2D eigenvalue weighted by molar-refractivity contribution is 9.10. The summed E-state index contributed by atoms with van der Waals surface area (Å²) in [6.07, 6.45) is 0.0403. The molecule has 14 heteroatoms. The summed E-state index contributed by atoms with van der Waals surface area (Å²) >= 11 is 3.04. The molecular formula is C21H18BrF3N4O5S. The van der Waals surface area contributed by atoms with Crippen molar-refractivity contribution in [2.24, 2.45) is 7.05 Å². The van der Waals surface area contributed by atoms with Crippen LogP contribution in [0.5, 0.6) is 0 Å². The van der Waals surface area contributed by atoms with Gasteiger partial charge in [0.1, 0.15) is 29.3 Å². The lowest BCUT2D eigenvalue weighted by atomic mass is 10.1. The van der Waals surface area contributed by atoms with Gasteiger partial charge in [0.2, 0.25) is 15.9 Å². The van der Waals surface area contributed by atoms with Crippen LogP contribution in [0.1, 0.15) is 18.9 Å². The maximum atomic E-state index is 14.8. The zero-order valence-electron chi connectivity index (χ0n) is 18.3. The van der Waals surface area contributed by atoms with Gasteiger partial charge in [0.15, 0.2) is 0 Å². The molecule has 186 valence electrons. The molecule has 0 bridgehead atoms. The summed E-state index contributed by atoms with van der Waals surface area (Å²) in [4.78, 5) is 37.1. The fraction of sp³-hybridized carbons (Fsp3) is 0.238. The molecule has 0 saturated carbocycles. The van der Waals surface area contributed by atoms with Crippen LogP contribution in [0, 0.1) is 17.5 Å². The molecule has 1 aromatic heterocycles. The number of nitrogens with zero attached hydrogens (tertiary/aromatic N) is 4. The van der Waals surface area contributed by atoms with Gasteiger partial charge in [0, 0.05) is 24.0 Å². The average molecular weight is 575 g/mol. The topological polar surface area (TPSA) is 111 Å². The highest BCUT2D eigenvalue weighted by Gasteiger charge is 2.31. The third kappa shape index (κ3) is 5.37. The normalized spacial score (nSPS) is 11.5. The van der Waals surface area contributed by atoms with Crippen LogP contribution >= 0.6 is 15.9 Å². The molecule has 0 saturated heterocycles. The summed E-state index contributed by atoms with van der Waals surface area (Å²) in [7, 11) is -3.13. The van der Waals surface area contributed by atoms with Crippen molar-refractivity contribution in [3.8, 4) is 5.69 Å². The van der Waals surface area contributed by atoms with Crippen molar-refractivity contribution in [3.05, 3.63) is 84.9 Å². The van der Waals surface area contributed by atoms with Crippen molar-refractivity contribution in [2.45, 2.75) is 19.8 Å². The number of sulfonamides is 1. The van der Waals surface area contributed by atoms with Gasteiger partial charge in [0.25, 0.3) is 5.56 Å². The van der Waals surface area contributed by atoms with Gasteiger partial charge in [-0.05, 0) is 53.0 Å². The second-order valence-corrected chi connectivity index (χ2v) is 10.2. The number of hydrogen-bond donors (Lipinski definition) is 0. The van der Waals surface area contributed by atoms with Crippen LogP contribution in [0.4, 0.5) is 18.9 Å². The lowest BCUT2D eigenvalue weighted by Crippen LogP contribution is -2.40. The summed E-state index contributed by atoms with van der Waals surface area (Å²) in [5, 5.41) is 3.61. The Hall–Kier alpha value is -3.26. The Bertz CT molecular complexity index is 1540. The quantitative estimate of drug-likeness (QED) is 0.428. The summed E-state index contributed by atoms with van der Waals surface area (Å²) < 4.78 is 69.1. The molecule has 0 N–H and O–H groups in total. The molecule has 0 unspecified atom stereocenters. The number of aryl methyl sites for hydroxylation is 1. The van der Waals surface area contributed by atoms with E-state index in [1.165, 1.54) is 6.92 Å². The molecule has 0 spiro atoms. The van der Waals surface area contributed by atoms with E-state index in [2.05, 4.69) is 21.0 Å². The first-order valence-electron chi connectivity index (χ1n) is 10.0. The number of amides is 1. The van der Waals surface area contributed by atoms with Crippen LogP contribution in [0.25, 0.3) is 5.69 Å². The number of anilines is 1. The molecule has 2 aromatic carbocycles. The van der Waals surface area contributed by atoms with Crippen molar-refractivity contribution in [3.63, 3.8) is 0 Å². The van der Waals surface area contributed by atoms with Crippen LogP contribution in [0.3, 0.4) is 0 Å². The van der Waals surface area contributed by atoms with E-state index in [9.17, 15) is 36.0 Å². The van der Waals surface area contributed by atoms with E-state index in [1.54, 1.807) is 0 Å². The Balaban J connectivity index is 2.10. The maximum absolute atomic E-state index is 14.8. The first-order chi connectivity index (χ1) is 16.4. The van der Waals surface area contributed by atoms with Crippen LogP contribution in [-0.4, -0.2) is 34.4 Å². The molecule has 1 amide bonds. The van der Waals surface area contributed by atoms with Gasteiger partial charge >= 0.3 is 5.69 Å². The average Bonchev–Trinajstić information content (AvgIpc) is 2.79. The molecule has 1 heterocycles. The van der Waals surface area contributed by atoms with Crippen molar-refractivity contribution in [1.82, 2.24) is 14.3 Å². The number of carbonyl (C=O) groups is 1. The third-order valence-electron chi connectivity index (χ3n) is 5.04. The van der Waals surface area contributed by atoms with E-state index >= 15 is 0 Å². The molecule has 0 atom stereocenters. The predicted octanol–water partition coefficient (Wildman–Crippen LogP) is 2.43. The molecule has 3 aromatic rings. The molecular weight excluding hydrogens is 557 g/mol. The first-order valence-corrected chi connectivity index (χ1v) is 12.4. The smallest absolute Gasteiger partial charge is 0.273 e. The SMILES string of the molecule is CCS(=O)(=O)N(C(=O)CCc1ccc(F)cc1F)c1cc(-n2ncc(=O)n(C)c2=O)c(F)cc1Br. The minimum Gasteiger partial charge on any atom is -0.273 e. The van der Waals surface area contributed by atoms with Gasteiger partial charge in [-0.3, -0.25) is 14.2 Å². The Morgan fingerprint density at radius 2 is 1.80 bits per heavy atom. The molecule has 0 aliphatic rings. The van der Waals surface area contributed by atoms with Gasteiger partial charge < -0.3 is 0 Å². The molecule has 0 aliphatic carbocycles. The van der Waals surface area contributed by atoms with Crippen LogP contribution in [0.15, 0.2) is 50.6 Å². The van der Waals surface area contributed by atoms with Crippen LogP contribution in [0.2, 0.25) is 0 Å². The largest absolute Gasteiger partial charge is 0.352 e. The summed E-state index contributed by atoms with van der Waals surface area (Å²) in [5.41, 5.74) is -2.60. The first kappa shape index (κ1) is 26.3. The van der Waals surface area contributed by atoms with E-state index < -0.39 is 62.5 Å². The zero-order valence-corrected chi connectivity index (χ0v) is 20.7. The predicted molar refractivity (Wildman–Crippen MR) is 124 cm³/mol. The van der Waals surface area contributed by atoms with Crippen molar-refractivity contribution < 1.29 is 26.4 Å². The molecule has 35 heavy (non-hydrogen) atoms. The van der Waals surface area contributed by atoms with Crippen molar-refractivity contribution in [1.29, 1.82) is 0 Å². The molecule has 0 aliphatic heterocycles. The van der Waals surface area contributed by atoms with Gasteiger partial charge in [-0.2, -0.15) is 9.78 Å².